The van der Waals surface area contributed by atoms with Gasteiger partial charge in [-0.15, -0.1) is 0 Å². The zero-order valence-corrected chi connectivity index (χ0v) is 10.6. The van der Waals surface area contributed by atoms with Crippen LogP contribution in [-0.4, -0.2) is 7.11 Å². The van der Waals surface area contributed by atoms with Gasteiger partial charge in [-0.2, -0.15) is 0 Å². The molecule has 0 bridgehead atoms. The fraction of sp³-hybridized carbons (Fsp3) is 0.143. The van der Waals surface area contributed by atoms with Crippen molar-refractivity contribution in [3.63, 3.8) is 0 Å². The summed E-state index contributed by atoms with van der Waals surface area (Å²) in [5.41, 5.74) is 1.19. The van der Waals surface area contributed by atoms with Crippen LogP contribution in [0.1, 0.15) is 5.56 Å². The molecule has 0 atom stereocenters. The summed E-state index contributed by atoms with van der Waals surface area (Å²) in [6, 6.07) is 12.8. The summed E-state index contributed by atoms with van der Waals surface area (Å²) < 4.78 is 18.9. The molecule has 0 aliphatic heterocycles. The minimum absolute atomic E-state index is 0.255. The van der Waals surface area contributed by atoms with Crippen LogP contribution in [0.15, 0.2) is 52.3 Å². The van der Waals surface area contributed by atoms with E-state index in [1.165, 1.54) is 23.4 Å². The molecular formula is C14H13FOS. The van der Waals surface area contributed by atoms with E-state index in [9.17, 15) is 4.39 Å². The molecule has 2 rings (SSSR count). The molecule has 0 fully saturated rings. The summed E-state index contributed by atoms with van der Waals surface area (Å²) >= 11 is 1.37. The van der Waals surface area contributed by atoms with E-state index in [0.29, 0.717) is 10.6 Å². The van der Waals surface area contributed by atoms with Gasteiger partial charge in [0.15, 0.2) is 0 Å². The van der Waals surface area contributed by atoms with Crippen LogP contribution in [0.3, 0.4) is 0 Å². The topological polar surface area (TPSA) is 9.23 Å². The van der Waals surface area contributed by atoms with Crippen molar-refractivity contribution in [2.24, 2.45) is 0 Å². The highest BCUT2D eigenvalue weighted by atomic mass is 32.2. The molecule has 0 aliphatic rings. The van der Waals surface area contributed by atoms with Crippen molar-refractivity contribution in [1.82, 2.24) is 0 Å². The number of rotatable bonds is 3. The molecule has 0 radical (unpaired) electrons. The molecule has 0 amide bonds. The Hall–Kier alpha value is -1.48. The number of methoxy groups -OCH3 is 1. The van der Waals surface area contributed by atoms with Crippen LogP contribution in [-0.2, 0) is 0 Å². The van der Waals surface area contributed by atoms with Crippen molar-refractivity contribution in [1.29, 1.82) is 0 Å². The van der Waals surface area contributed by atoms with Gasteiger partial charge in [0.05, 0.1) is 12.0 Å². The van der Waals surface area contributed by atoms with Crippen molar-refractivity contribution >= 4 is 11.8 Å². The van der Waals surface area contributed by atoms with Crippen LogP contribution in [0.5, 0.6) is 5.75 Å². The average Bonchev–Trinajstić information content (AvgIpc) is 2.34. The molecule has 0 aliphatic carbocycles. The second kappa shape index (κ2) is 5.23. The van der Waals surface area contributed by atoms with E-state index in [0.717, 1.165) is 4.90 Å². The van der Waals surface area contributed by atoms with Gasteiger partial charge in [0.1, 0.15) is 11.6 Å². The monoisotopic (exact) mass is 248 g/mol. The Morgan fingerprint density at radius 1 is 1.06 bits per heavy atom. The first-order valence-electron chi connectivity index (χ1n) is 5.27. The third-order valence-corrected chi connectivity index (χ3v) is 3.50. The second-order valence-electron chi connectivity index (χ2n) is 3.69. The number of benzene rings is 2. The highest BCUT2D eigenvalue weighted by Gasteiger charge is 2.10. The molecule has 88 valence electrons. The van der Waals surface area contributed by atoms with Gasteiger partial charge in [-0.05, 0) is 31.2 Å². The number of hydrogen-bond donors (Lipinski definition) is 0. The summed E-state index contributed by atoms with van der Waals surface area (Å²) in [4.78, 5) is 1.53. The van der Waals surface area contributed by atoms with E-state index in [1.54, 1.807) is 19.2 Å². The molecule has 2 aromatic carbocycles. The van der Waals surface area contributed by atoms with E-state index >= 15 is 0 Å². The maximum atomic E-state index is 13.7. The Kier molecular flexibility index (Phi) is 3.69. The first kappa shape index (κ1) is 12.0. The molecule has 0 saturated carbocycles. The van der Waals surface area contributed by atoms with Crippen molar-refractivity contribution in [3.05, 3.63) is 53.8 Å². The van der Waals surface area contributed by atoms with Crippen LogP contribution in [0.4, 0.5) is 4.39 Å². The van der Waals surface area contributed by atoms with E-state index < -0.39 is 0 Å². The standard InChI is InChI=1S/C14H13FOS/c1-10-6-8-11(9-7-10)17-14-12(15)4-3-5-13(14)16-2/h3-9H,1-2H3. The molecule has 3 heteroatoms. The Labute approximate surface area is 105 Å². The summed E-state index contributed by atoms with van der Waals surface area (Å²) in [5.74, 6) is 0.311. The lowest BCUT2D eigenvalue weighted by molar-refractivity contribution is 0.397. The molecule has 0 saturated heterocycles. The fourth-order valence-corrected chi connectivity index (χ4v) is 2.40. The van der Waals surface area contributed by atoms with Gasteiger partial charge in [0, 0.05) is 4.90 Å². The smallest absolute Gasteiger partial charge is 0.140 e. The third-order valence-electron chi connectivity index (χ3n) is 2.39. The molecule has 0 spiro atoms. The van der Waals surface area contributed by atoms with Crippen LogP contribution in [0, 0.1) is 12.7 Å². The number of halogens is 1. The highest BCUT2D eigenvalue weighted by Crippen LogP contribution is 2.36. The van der Waals surface area contributed by atoms with Crippen molar-refractivity contribution in [3.8, 4) is 5.75 Å². The van der Waals surface area contributed by atoms with Gasteiger partial charge in [0.25, 0.3) is 0 Å². The van der Waals surface area contributed by atoms with E-state index in [2.05, 4.69) is 0 Å². The molecule has 17 heavy (non-hydrogen) atoms. The number of hydrogen-bond acceptors (Lipinski definition) is 2. The zero-order valence-electron chi connectivity index (χ0n) is 9.74. The molecule has 0 heterocycles. The quantitative estimate of drug-likeness (QED) is 0.801. The van der Waals surface area contributed by atoms with Gasteiger partial charge in [-0.1, -0.05) is 35.5 Å². The van der Waals surface area contributed by atoms with Gasteiger partial charge < -0.3 is 4.74 Å². The third kappa shape index (κ3) is 2.80. The average molecular weight is 248 g/mol. The first-order valence-corrected chi connectivity index (χ1v) is 6.09. The first-order chi connectivity index (χ1) is 8.20. The normalized spacial score (nSPS) is 10.3. The van der Waals surface area contributed by atoms with Crippen LogP contribution in [0.2, 0.25) is 0 Å². The minimum Gasteiger partial charge on any atom is -0.495 e. The fourth-order valence-electron chi connectivity index (χ4n) is 1.47. The summed E-state index contributed by atoms with van der Waals surface area (Å²) in [6.07, 6.45) is 0. The molecule has 2 aromatic rings. The van der Waals surface area contributed by atoms with E-state index in [4.69, 9.17) is 4.74 Å². The maximum absolute atomic E-state index is 13.7. The zero-order chi connectivity index (χ0) is 12.3. The van der Waals surface area contributed by atoms with Crippen molar-refractivity contribution in [2.45, 2.75) is 16.7 Å². The van der Waals surface area contributed by atoms with Crippen molar-refractivity contribution in [2.75, 3.05) is 7.11 Å². The Morgan fingerprint density at radius 2 is 1.76 bits per heavy atom. The molecule has 0 N–H and O–H groups in total. The summed E-state index contributed by atoms with van der Waals surface area (Å²) in [6.45, 7) is 2.03. The summed E-state index contributed by atoms with van der Waals surface area (Å²) in [5, 5.41) is 0. The lowest BCUT2D eigenvalue weighted by Crippen LogP contribution is -1.89. The van der Waals surface area contributed by atoms with Crippen molar-refractivity contribution < 1.29 is 9.13 Å². The van der Waals surface area contributed by atoms with Gasteiger partial charge in [-0.25, -0.2) is 4.39 Å². The summed E-state index contributed by atoms with van der Waals surface area (Å²) in [7, 11) is 1.55. The van der Waals surface area contributed by atoms with Crippen LogP contribution in [0.25, 0.3) is 0 Å². The van der Waals surface area contributed by atoms with Crippen LogP contribution < -0.4 is 4.74 Å². The molecule has 0 aromatic heterocycles. The number of ether oxygens (including phenoxy) is 1. The molecule has 1 nitrogen and oxygen atoms in total. The van der Waals surface area contributed by atoms with Gasteiger partial charge in [0.2, 0.25) is 0 Å². The largest absolute Gasteiger partial charge is 0.495 e. The Balaban J connectivity index is 2.32. The molecular weight excluding hydrogens is 235 g/mol. The Bertz CT molecular complexity index is 508. The highest BCUT2D eigenvalue weighted by molar-refractivity contribution is 7.99. The minimum atomic E-state index is -0.255. The lowest BCUT2D eigenvalue weighted by Gasteiger charge is -2.08. The van der Waals surface area contributed by atoms with E-state index in [1.807, 2.05) is 31.2 Å². The van der Waals surface area contributed by atoms with E-state index in [-0.39, 0.29) is 5.82 Å². The predicted octanol–water partition coefficient (Wildman–Crippen LogP) is 4.29. The Morgan fingerprint density at radius 3 is 2.41 bits per heavy atom. The second-order valence-corrected chi connectivity index (χ2v) is 4.77. The lowest BCUT2D eigenvalue weighted by atomic mass is 10.2. The van der Waals surface area contributed by atoms with Gasteiger partial charge >= 0.3 is 0 Å². The van der Waals surface area contributed by atoms with Crippen LogP contribution >= 0.6 is 11.8 Å². The number of aryl methyl sites for hydroxylation is 1. The SMILES string of the molecule is COc1cccc(F)c1Sc1ccc(C)cc1. The predicted molar refractivity (Wildman–Crippen MR) is 68.3 cm³/mol. The maximum Gasteiger partial charge on any atom is 0.140 e. The van der Waals surface area contributed by atoms with Gasteiger partial charge in [-0.3, -0.25) is 0 Å². The molecule has 0 unspecified atom stereocenters.